The first-order valence-electron chi connectivity index (χ1n) is 12.1. The number of hydrogen-bond acceptors (Lipinski definition) is 7. The van der Waals surface area contributed by atoms with E-state index in [1.165, 1.54) is 12.1 Å². The molecule has 2 aliphatic rings. The number of nitrogens with one attached hydrogen (secondary N) is 1. The van der Waals surface area contributed by atoms with Crippen molar-refractivity contribution in [1.29, 1.82) is 0 Å². The van der Waals surface area contributed by atoms with E-state index in [-0.39, 0.29) is 28.8 Å². The van der Waals surface area contributed by atoms with Crippen LogP contribution in [0, 0.1) is 11.6 Å². The van der Waals surface area contributed by atoms with Gasteiger partial charge in [0, 0.05) is 24.8 Å². The number of aryl methyl sites for hydroxylation is 1. The van der Waals surface area contributed by atoms with Gasteiger partial charge in [0.05, 0.1) is 17.9 Å². The molecule has 0 aliphatic carbocycles. The molecule has 0 saturated carbocycles. The molecule has 2 aromatic carbocycles. The predicted molar refractivity (Wildman–Crippen MR) is 134 cm³/mol. The van der Waals surface area contributed by atoms with E-state index >= 15 is 0 Å². The molecule has 0 amide bonds. The Morgan fingerprint density at radius 1 is 1.05 bits per heavy atom. The Morgan fingerprint density at radius 3 is 2.38 bits per heavy atom. The molecular weight excluding hydrogens is 502 g/mol. The second-order valence-electron chi connectivity index (χ2n) is 9.43. The van der Waals surface area contributed by atoms with Gasteiger partial charge < -0.3 is 15.3 Å². The lowest BCUT2D eigenvalue weighted by Gasteiger charge is -2.33. The quantitative estimate of drug-likeness (QED) is 0.489. The predicted octanol–water partition coefficient (Wildman–Crippen LogP) is 4.23. The number of carbonyl (C=O) groups is 1. The molecule has 0 unspecified atom stereocenters. The van der Waals surface area contributed by atoms with Crippen LogP contribution in [0.15, 0.2) is 47.4 Å². The van der Waals surface area contributed by atoms with Crippen LogP contribution in [0.2, 0.25) is 0 Å². The number of carboxylic acids is 1. The number of anilines is 3. The van der Waals surface area contributed by atoms with Crippen LogP contribution in [-0.2, 0) is 27.5 Å². The first-order valence-corrected chi connectivity index (χ1v) is 13.8. The Labute approximate surface area is 213 Å². The van der Waals surface area contributed by atoms with E-state index in [1.807, 2.05) is 4.90 Å². The smallest absolute Gasteiger partial charge is 0.307 e. The van der Waals surface area contributed by atoms with Gasteiger partial charge >= 0.3 is 5.97 Å². The van der Waals surface area contributed by atoms with Crippen LogP contribution in [0.1, 0.15) is 42.0 Å². The molecule has 1 fully saturated rings. The van der Waals surface area contributed by atoms with Crippen molar-refractivity contribution in [1.82, 2.24) is 9.97 Å². The van der Waals surface area contributed by atoms with Crippen LogP contribution in [0.3, 0.4) is 0 Å². The number of fused-ring (bicyclic) bond motifs is 1. The van der Waals surface area contributed by atoms with E-state index in [9.17, 15) is 22.0 Å². The summed E-state index contributed by atoms with van der Waals surface area (Å²) in [6.45, 7) is 1.11. The summed E-state index contributed by atoms with van der Waals surface area (Å²) in [5.74, 6) is -1.50. The zero-order valence-electron chi connectivity index (χ0n) is 20.0. The fraction of sp³-hybridized carbons (Fsp3) is 0.346. The first kappa shape index (κ1) is 25.1. The fourth-order valence-corrected chi connectivity index (χ4v) is 6.61. The number of sulfone groups is 1. The zero-order chi connectivity index (χ0) is 26.2. The number of halogens is 2. The molecule has 8 nitrogen and oxygen atoms in total. The van der Waals surface area contributed by atoms with Crippen LogP contribution in [0.5, 0.6) is 0 Å². The van der Waals surface area contributed by atoms with Crippen LogP contribution in [0.4, 0.5) is 26.2 Å². The third-order valence-corrected chi connectivity index (χ3v) is 8.64. The Bertz CT molecular complexity index is 1420. The number of carboxylic acid groups (broad SMARTS) is 1. The molecule has 194 valence electrons. The molecule has 37 heavy (non-hydrogen) atoms. The highest BCUT2D eigenvalue weighted by atomic mass is 32.2. The molecule has 1 saturated heterocycles. The highest BCUT2D eigenvalue weighted by Gasteiger charge is 2.32. The van der Waals surface area contributed by atoms with E-state index in [4.69, 9.17) is 5.11 Å². The van der Waals surface area contributed by atoms with Crippen LogP contribution in [-0.4, -0.2) is 48.3 Å². The van der Waals surface area contributed by atoms with Crippen molar-refractivity contribution >= 4 is 33.3 Å². The van der Waals surface area contributed by atoms with Crippen LogP contribution >= 0.6 is 0 Å². The molecule has 2 aliphatic heterocycles. The minimum absolute atomic E-state index is 0.00127. The van der Waals surface area contributed by atoms with Gasteiger partial charge in [0.1, 0.15) is 16.5 Å². The minimum atomic E-state index is -3.57. The van der Waals surface area contributed by atoms with Gasteiger partial charge in [-0.15, -0.1) is 0 Å². The highest BCUT2D eigenvalue weighted by molar-refractivity contribution is 7.91. The maximum atomic E-state index is 13.7. The highest BCUT2D eigenvalue weighted by Crippen LogP contribution is 2.35. The van der Waals surface area contributed by atoms with Crippen molar-refractivity contribution in [3.8, 4) is 0 Å². The topological polar surface area (TPSA) is 112 Å². The third kappa shape index (κ3) is 5.56. The van der Waals surface area contributed by atoms with E-state index in [0.29, 0.717) is 67.2 Å². The second-order valence-corrected chi connectivity index (χ2v) is 11.5. The maximum Gasteiger partial charge on any atom is 0.307 e. The van der Waals surface area contributed by atoms with E-state index in [2.05, 4.69) is 15.3 Å². The van der Waals surface area contributed by atoms with E-state index < -0.39 is 27.4 Å². The summed E-state index contributed by atoms with van der Waals surface area (Å²) >= 11 is 0. The van der Waals surface area contributed by atoms with Crippen molar-refractivity contribution in [2.45, 2.75) is 42.9 Å². The number of rotatable bonds is 6. The van der Waals surface area contributed by atoms with Crippen molar-refractivity contribution in [2.75, 3.05) is 29.1 Å². The fourth-order valence-electron chi connectivity index (χ4n) is 4.98. The Morgan fingerprint density at radius 2 is 1.73 bits per heavy atom. The van der Waals surface area contributed by atoms with Gasteiger partial charge in [-0.25, -0.2) is 22.2 Å². The SMILES string of the molecule is O=C(O)Cc1ccc(Nc2nc(N3CCC(c4cc(F)cc(F)c4)CC3)nc3c2S(=O)(=O)CCC3)cc1. The average molecular weight is 529 g/mol. The Balaban J connectivity index is 1.41. The van der Waals surface area contributed by atoms with Gasteiger partial charge in [-0.1, -0.05) is 12.1 Å². The summed E-state index contributed by atoms with van der Waals surface area (Å²) in [7, 11) is -3.57. The van der Waals surface area contributed by atoms with E-state index in [1.54, 1.807) is 24.3 Å². The molecule has 11 heteroatoms. The molecule has 0 radical (unpaired) electrons. The normalized spacial score (nSPS) is 17.3. The Hall–Kier alpha value is -3.60. The van der Waals surface area contributed by atoms with Gasteiger partial charge in [-0.05, 0) is 67.0 Å². The largest absolute Gasteiger partial charge is 0.481 e. The summed E-state index contributed by atoms with van der Waals surface area (Å²) in [6, 6.07) is 10.3. The summed E-state index contributed by atoms with van der Waals surface area (Å²) in [4.78, 5) is 22.3. The molecule has 2 N–H and O–H groups in total. The van der Waals surface area contributed by atoms with Crippen molar-refractivity contribution in [3.63, 3.8) is 0 Å². The lowest BCUT2D eigenvalue weighted by atomic mass is 9.89. The summed E-state index contributed by atoms with van der Waals surface area (Å²) in [5, 5.41) is 12.1. The van der Waals surface area contributed by atoms with Crippen molar-refractivity contribution in [2.24, 2.45) is 0 Å². The third-order valence-electron chi connectivity index (χ3n) is 6.77. The number of benzene rings is 2. The van der Waals surface area contributed by atoms with E-state index in [0.717, 1.165) is 6.07 Å². The molecule has 0 bridgehead atoms. The summed E-state index contributed by atoms with van der Waals surface area (Å²) in [5.41, 5.74) is 2.30. The summed E-state index contributed by atoms with van der Waals surface area (Å²) in [6.07, 6.45) is 2.17. The monoisotopic (exact) mass is 528 g/mol. The average Bonchev–Trinajstić information content (AvgIpc) is 2.84. The molecular formula is C26H26F2N4O4S. The maximum absolute atomic E-state index is 13.7. The Kier molecular flexibility index (Phi) is 6.80. The van der Waals surface area contributed by atoms with Crippen molar-refractivity contribution < 1.29 is 27.1 Å². The summed E-state index contributed by atoms with van der Waals surface area (Å²) < 4.78 is 53.3. The van der Waals surface area contributed by atoms with Crippen molar-refractivity contribution in [3.05, 3.63) is 70.9 Å². The first-order chi connectivity index (χ1) is 17.7. The number of aliphatic carboxylic acids is 1. The molecule has 5 rings (SSSR count). The molecule has 3 heterocycles. The van der Waals surface area contributed by atoms with Gasteiger partial charge in [0.15, 0.2) is 15.7 Å². The molecule has 0 atom stereocenters. The zero-order valence-corrected chi connectivity index (χ0v) is 20.8. The molecule has 0 spiro atoms. The number of hydrogen-bond donors (Lipinski definition) is 2. The number of nitrogens with zero attached hydrogens (tertiary/aromatic N) is 3. The van der Waals surface area contributed by atoms with Gasteiger partial charge in [0.2, 0.25) is 5.95 Å². The molecule has 3 aromatic rings. The number of aromatic nitrogens is 2. The van der Waals surface area contributed by atoms with Crippen LogP contribution in [0.25, 0.3) is 0 Å². The second kappa shape index (κ2) is 10.0. The van der Waals surface area contributed by atoms with Crippen LogP contribution < -0.4 is 10.2 Å². The van der Waals surface area contributed by atoms with Gasteiger partial charge in [-0.2, -0.15) is 4.98 Å². The van der Waals surface area contributed by atoms with Gasteiger partial charge in [0.25, 0.3) is 0 Å². The molecule has 1 aromatic heterocycles. The lowest BCUT2D eigenvalue weighted by Crippen LogP contribution is -2.35. The number of piperidine rings is 1. The van der Waals surface area contributed by atoms with Gasteiger partial charge in [-0.3, -0.25) is 4.79 Å². The minimum Gasteiger partial charge on any atom is -0.481 e. The standard InChI is InChI=1S/C26H26F2N4O4S/c27-19-13-18(14-20(28)15-19)17-7-9-32(10-8-17)26-30-22-2-1-11-37(35,36)24(22)25(31-26)29-21-5-3-16(4-6-21)12-23(33)34/h3-6,13-15,17H,1-2,7-12H2,(H,33,34)(H,29,30,31). The lowest BCUT2D eigenvalue weighted by molar-refractivity contribution is -0.136.